The van der Waals surface area contributed by atoms with Crippen LogP contribution < -0.4 is 10.6 Å². The number of aliphatic hydroxyl groups excluding tert-OH is 1. The molecule has 5 nitrogen and oxygen atoms in total. The quantitative estimate of drug-likeness (QED) is 0.551. The van der Waals surface area contributed by atoms with Gasteiger partial charge in [-0.3, -0.25) is 0 Å². The van der Waals surface area contributed by atoms with Crippen LogP contribution in [0.15, 0.2) is 0 Å². The molecule has 0 aliphatic carbocycles. The van der Waals surface area contributed by atoms with Gasteiger partial charge in [0.25, 0.3) is 0 Å². The van der Waals surface area contributed by atoms with Crippen LogP contribution in [0.4, 0.5) is 0 Å². The maximum atomic E-state index is 8.97. The molecule has 1 fully saturated rings. The molecule has 102 valence electrons. The molecule has 0 aromatic heterocycles. The summed E-state index contributed by atoms with van der Waals surface area (Å²) < 4.78 is 10.6. The molecule has 1 heterocycles. The van der Waals surface area contributed by atoms with Gasteiger partial charge in [0.05, 0.1) is 19.8 Å². The minimum atomic E-state index is 0.193. The molecule has 0 amide bonds. The third kappa shape index (κ3) is 6.33. The van der Waals surface area contributed by atoms with Crippen molar-refractivity contribution in [2.75, 3.05) is 40.1 Å². The molecular weight excluding hydrogens is 220 g/mol. The highest BCUT2D eigenvalue weighted by Crippen LogP contribution is 2.04. The molecule has 3 unspecified atom stereocenters. The lowest BCUT2D eigenvalue weighted by Gasteiger charge is -2.29. The summed E-state index contributed by atoms with van der Waals surface area (Å²) in [6.07, 6.45) is 1.76. The van der Waals surface area contributed by atoms with Gasteiger partial charge in [-0.15, -0.1) is 0 Å². The predicted octanol–water partition coefficient (Wildman–Crippen LogP) is -0.260. The second-order valence-corrected chi connectivity index (χ2v) is 4.69. The molecule has 0 aromatic carbocycles. The average Bonchev–Trinajstić information content (AvgIpc) is 2.30. The average molecular weight is 246 g/mol. The summed E-state index contributed by atoms with van der Waals surface area (Å²) >= 11 is 0. The van der Waals surface area contributed by atoms with E-state index < -0.39 is 0 Å². The number of morpholine rings is 1. The predicted molar refractivity (Wildman–Crippen MR) is 67.2 cm³/mol. The second-order valence-electron chi connectivity index (χ2n) is 4.69. The minimum absolute atomic E-state index is 0.193. The van der Waals surface area contributed by atoms with Gasteiger partial charge in [0.1, 0.15) is 0 Å². The Labute approximate surface area is 104 Å². The summed E-state index contributed by atoms with van der Waals surface area (Å²) in [4.78, 5) is 0. The molecule has 5 heteroatoms. The Bertz CT molecular complexity index is 181. The van der Waals surface area contributed by atoms with Gasteiger partial charge in [0, 0.05) is 38.4 Å². The van der Waals surface area contributed by atoms with Gasteiger partial charge in [0.2, 0.25) is 0 Å². The van der Waals surface area contributed by atoms with Crippen molar-refractivity contribution >= 4 is 0 Å². The van der Waals surface area contributed by atoms with Gasteiger partial charge in [0.15, 0.2) is 0 Å². The molecule has 1 aliphatic heterocycles. The van der Waals surface area contributed by atoms with Gasteiger partial charge in [-0.25, -0.2) is 0 Å². The van der Waals surface area contributed by atoms with E-state index in [2.05, 4.69) is 17.6 Å². The summed E-state index contributed by atoms with van der Waals surface area (Å²) in [7, 11) is 1.69. The highest BCUT2D eigenvalue weighted by atomic mass is 16.5. The third-order valence-electron chi connectivity index (χ3n) is 3.00. The molecule has 0 radical (unpaired) electrons. The van der Waals surface area contributed by atoms with Crippen molar-refractivity contribution in [3.8, 4) is 0 Å². The normalized spacial score (nSPS) is 24.5. The Morgan fingerprint density at radius 2 is 2.41 bits per heavy atom. The minimum Gasteiger partial charge on any atom is -0.396 e. The van der Waals surface area contributed by atoms with Gasteiger partial charge >= 0.3 is 0 Å². The number of hydrogen-bond acceptors (Lipinski definition) is 5. The smallest absolute Gasteiger partial charge is 0.0620 e. The Hall–Kier alpha value is -0.200. The van der Waals surface area contributed by atoms with Gasteiger partial charge in [-0.1, -0.05) is 0 Å². The second kappa shape index (κ2) is 8.83. The zero-order valence-corrected chi connectivity index (χ0v) is 10.9. The molecule has 0 bridgehead atoms. The zero-order chi connectivity index (χ0) is 12.5. The van der Waals surface area contributed by atoms with Crippen LogP contribution >= 0.6 is 0 Å². The molecular formula is C12H26N2O3. The molecule has 0 aromatic rings. The fourth-order valence-corrected chi connectivity index (χ4v) is 2.24. The van der Waals surface area contributed by atoms with E-state index in [9.17, 15) is 0 Å². The van der Waals surface area contributed by atoms with Crippen molar-refractivity contribution in [2.45, 2.75) is 37.9 Å². The van der Waals surface area contributed by atoms with Crippen molar-refractivity contribution in [1.82, 2.24) is 10.6 Å². The topological polar surface area (TPSA) is 62.8 Å². The summed E-state index contributed by atoms with van der Waals surface area (Å²) in [5.41, 5.74) is 0. The van der Waals surface area contributed by atoms with Gasteiger partial charge in [-0.05, 0) is 19.8 Å². The lowest BCUT2D eigenvalue weighted by molar-refractivity contribution is 0.0692. The van der Waals surface area contributed by atoms with E-state index in [1.54, 1.807) is 7.11 Å². The Balaban J connectivity index is 2.22. The standard InChI is InChI=1S/C12H26N2O3/c1-10(7-12-9-17-6-4-13-12)14-11(3-5-15)8-16-2/h10-15H,3-9H2,1-2H3. The zero-order valence-electron chi connectivity index (χ0n) is 10.9. The fourth-order valence-electron chi connectivity index (χ4n) is 2.24. The van der Waals surface area contributed by atoms with E-state index in [-0.39, 0.29) is 12.6 Å². The Morgan fingerprint density at radius 1 is 1.59 bits per heavy atom. The monoisotopic (exact) mass is 246 g/mol. The summed E-state index contributed by atoms with van der Waals surface area (Å²) in [5, 5.41) is 15.9. The van der Waals surface area contributed by atoms with E-state index in [4.69, 9.17) is 14.6 Å². The van der Waals surface area contributed by atoms with Crippen LogP contribution in [0.2, 0.25) is 0 Å². The number of methoxy groups -OCH3 is 1. The van der Waals surface area contributed by atoms with Crippen LogP contribution in [0.1, 0.15) is 19.8 Å². The third-order valence-corrected chi connectivity index (χ3v) is 3.00. The SMILES string of the molecule is COCC(CCO)NC(C)CC1COCCN1. The van der Waals surface area contributed by atoms with Gasteiger partial charge < -0.3 is 25.2 Å². The van der Waals surface area contributed by atoms with Crippen LogP contribution in [0.5, 0.6) is 0 Å². The van der Waals surface area contributed by atoms with E-state index in [1.165, 1.54) is 0 Å². The van der Waals surface area contributed by atoms with E-state index in [1.807, 2.05) is 0 Å². The molecule has 3 N–H and O–H groups in total. The highest BCUT2D eigenvalue weighted by molar-refractivity contribution is 4.78. The van der Waals surface area contributed by atoms with Crippen molar-refractivity contribution in [3.63, 3.8) is 0 Å². The van der Waals surface area contributed by atoms with Crippen molar-refractivity contribution in [2.24, 2.45) is 0 Å². The Morgan fingerprint density at radius 3 is 3.00 bits per heavy atom. The number of rotatable bonds is 8. The maximum Gasteiger partial charge on any atom is 0.0620 e. The fraction of sp³-hybridized carbons (Fsp3) is 1.00. The number of aliphatic hydroxyl groups is 1. The first kappa shape index (κ1) is 14.9. The van der Waals surface area contributed by atoms with Crippen LogP contribution in [-0.2, 0) is 9.47 Å². The van der Waals surface area contributed by atoms with Crippen LogP contribution in [0.25, 0.3) is 0 Å². The van der Waals surface area contributed by atoms with Gasteiger partial charge in [-0.2, -0.15) is 0 Å². The van der Waals surface area contributed by atoms with E-state index in [0.717, 1.165) is 32.6 Å². The number of ether oxygens (including phenoxy) is 2. The molecule has 1 saturated heterocycles. The molecule has 1 aliphatic rings. The first-order chi connectivity index (χ1) is 8.26. The number of hydrogen-bond donors (Lipinski definition) is 3. The first-order valence-electron chi connectivity index (χ1n) is 6.43. The molecule has 1 rings (SSSR count). The molecule has 17 heavy (non-hydrogen) atoms. The van der Waals surface area contributed by atoms with E-state index in [0.29, 0.717) is 18.7 Å². The maximum absolute atomic E-state index is 8.97. The first-order valence-corrected chi connectivity index (χ1v) is 6.43. The lowest BCUT2D eigenvalue weighted by Crippen LogP contribution is -2.47. The van der Waals surface area contributed by atoms with Crippen molar-refractivity contribution in [3.05, 3.63) is 0 Å². The van der Waals surface area contributed by atoms with Crippen molar-refractivity contribution in [1.29, 1.82) is 0 Å². The highest BCUT2D eigenvalue weighted by Gasteiger charge is 2.18. The van der Waals surface area contributed by atoms with Crippen LogP contribution in [0.3, 0.4) is 0 Å². The van der Waals surface area contributed by atoms with E-state index >= 15 is 0 Å². The molecule has 3 atom stereocenters. The number of nitrogens with one attached hydrogen (secondary N) is 2. The summed E-state index contributed by atoms with van der Waals surface area (Å²) in [6, 6.07) is 1.05. The Kier molecular flexibility index (Phi) is 7.72. The van der Waals surface area contributed by atoms with Crippen LogP contribution in [0, 0.1) is 0 Å². The van der Waals surface area contributed by atoms with Crippen LogP contribution in [-0.4, -0.2) is 63.3 Å². The molecule has 0 saturated carbocycles. The molecule has 0 spiro atoms. The summed E-state index contributed by atoms with van der Waals surface area (Å²) in [5.74, 6) is 0. The largest absolute Gasteiger partial charge is 0.396 e. The summed E-state index contributed by atoms with van der Waals surface area (Å²) in [6.45, 7) is 5.54. The lowest BCUT2D eigenvalue weighted by atomic mass is 10.1. The van der Waals surface area contributed by atoms with Crippen molar-refractivity contribution < 1.29 is 14.6 Å².